The number of nitrogens with two attached hydrogens (primary N) is 1. The van der Waals surface area contributed by atoms with Crippen LogP contribution in [-0.2, 0) is 6.42 Å². The Morgan fingerprint density at radius 3 is 2.61 bits per heavy atom. The van der Waals surface area contributed by atoms with Gasteiger partial charge in [-0.25, -0.2) is 0 Å². The maximum absolute atomic E-state index is 6.08. The average Bonchev–Trinajstić information content (AvgIpc) is 2.97. The van der Waals surface area contributed by atoms with Crippen molar-refractivity contribution in [1.29, 1.82) is 0 Å². The van der Waals surface area contributed by atoms with Crippen LogP contribution in [0.1, 0.15) is 29.5 Å². The molecule has 1 heterocycles. The fourth-order valence-electron chi connectivity index (χ4n) is 3.09. The monoisotopic (exact) mass is 308 g/mol. The number of nitrogens with one attached hydrogen (secondary N) is 1. The van der Waals surface area contributed by atoms with Crippen LogP contribution in [0.15, 0.2) is 48.7 Å². The molecule has 0 spiro atoms. The molecule has 0 fully saturated rings. The van der Waals surface area contributed by atoms with Crippen LogP contribution >= 0.6 is 0 Å². The SMILES string of the molecule is CCOc1ccc(CC(CN)c2c[nH]c3ccc(C)cc23)cc1. The third-order valence-electron chi connectivity index (χ3n) is 4.31. The van der Waals surface area contributed by atoms with Crippen molar-refractivity contribution in [2.75, 3.05) is 13.2 Å². The molecule has 3 rings (SSSR count). The second-order valence-corrected chi connectivity index (χ2v) is 6.01. The number of aromatic amines is 1. The Labute approximate surface area is 137 Å². The van der Waals surface area contributed by atoms with Gasteiger partial charge in [-0.1, -0.05) is 23.8 Å². The summed E-state index contributed by atoms with van der Waals surface area (Å²) in [7, 11) is 0. The molecule has 2 aromatic carbocycles. The predicted octanol–water partition coefficient (Wildman–Crippen LogP) is 4.16. The van der Waals surface area contributed by atoms with E-state index in [0.717, 1.165) is 12.2 Å². The summed E-state index contributed by atoms with van der Waals surface area (Å²) in [6.07, 6.45) is 3.04. The van der Waals surface area contributed by atoms with E-state index in [9.17, 15) is 0 Å². The van der Waals surface area contributed by atoms with Crippen LogP contribution in [0.5, 0.6) is 5.75 Å². The lowest BCUT2D eigenvalue weighted by molar-refractivity contribution is 0.340. The maximum Gasteiger partial charge on any atom is 0.119 e. The molecule has 3 nitrogen and oxygen atoms in total. The van der Waals surface area contributed by atoms with Gasteiger partial charge in [-0.3, -0.25) is 0 Å². The van der Waals surface area contributed by atoms with Gasteiger partial charge in [-0.05, 0) is 62.2 Å². The Bertz CT molecular complexity index is 774. The lowest BCUT2D eigenvalue weighted by Gasteiger charge is -2.15. The molecular formula is C20H24N2O. The summed E-state index contributed by atoms with van der Waals surface area (Å²) in [4.78, 5) is 3.37. The van der Waals surface area contributed by atoms with Crippen LogP contribution in [0, 0.1) is 6.92 Å². The number of H-pyrrole nitrogens is 1. The van der Waals surface area contributed by atoms with E-state index in [2.05, 4.69) is 48.4 Å². The molecule has 0 aliphatic carbocycles. The zero-order chi connectivity index (χ0) is 16.2. The maximum atomic E-state index is 6.08. The molecule has 0 radical (unpaired) electrons. The highest BCUT2D eigenvalue weighted by Gasteiger charge is 2.15. The molecule has 3 aromatic rings. The lowest BCUT2D eigenvalue weighted by Crippen LogP contribution is -2.14. The number of aromatic nitrogens is 1. The quantitative estimate of drug-likeness (QED) is 0.718. The van der Waals surface area contributed by atoms with Crippen molar-refractivity contribution in [3.8, 4) is 5.75 Å². The van der Waals surface area contributed by atoms with E-state index >= 15 is 0 Å². The topological polar surface area (TPSA) is 51.0 Å². The van der Waals surface area contributed by atoms with Gasteiger partial charge in [0.15, 0.2) is 0 Å². The van der Waals surface area contributed by atoms with E-state index in [0.29, 0.717) is 19.1 Å². The van der Waals surface area contributed by atoms with Gasteiger partial charge in [0.25, 0.3) is 0 Å². The largest absolute Gasteiger partial charge is 0.494 e. The number of hydrogen-bond acceptors (Lipinski definition) is 2. The summed E-state index contributed by atoms with van der Waals surface area (Å²) >= 11 is 0. The number of rotatable bonds is 6. The minimum atomic E-state index is 0.309. The van der Waals surface area contributed by atoms with Crippen molar-refractivity contribution in [3.05, 3.63) is 65.4 Å². The van der Waals surface area contributed by atoms with Gasteiger partial charge in [-0.2, -0.15) is 0 Å². The van der Waals surface area contributed by atoms with E-state index in [4.69, 9.17) is 10.5 Å². The first-order valence-corrected chi connectivity index (χ1v) is 8.20. The van der Waals surface area contributed by atoms with E-state index in [1.807, 2.05) is 19.1 Å². The Morgan fingerprint density at radius 1 is 1.13 bits per heavy atom. The summed E-state index contributed by atoms with van der Waals surface area (Å²) in [6, 6.07) is 14.8. The van der Waals surface area contributed by atoms with E-state index in [1.165, 1.54) is 27.6 Å². The minimum absolute atomic E-state index is 0.309. The zero-order valence-corrected chi connectivity index (χ0v) is 13.8. The fourth-order valence-corrected chi connectivity index (χ4v) is 3.09. The summed E-state index contributed by atoms with van der Waals surface area (Å²) in [6.45, 7) is 5.45. The highest BCUT2D eigenvalue weighted by molar-refractivity contribution is 5.84. The number of fused-ring (bicyclic) bond motifs is 1. The summed E-state index contributed by atoms with van der Waals surface area (Å²) in [5.41, 5.74) is 11.1. The first-order valence-electron chi connectivity index (χ1n) is 8.20. The molecule has 3 N–H and O–H groups in total. The van der Waals surface area contributed by atoms with Crippen LogP contribution in [0.3, 0.4) is 0 Å². The molecule has 1 aromatic heterocycles. The van der Waals surface area contributed by atoms with Gasteiger partial charge in [0.1, 0.15) is 5.75 Å². The number of hydrogen-bond donors (Lipinski definition) is 2. The third-order valence-corrected chi connectivity index (χ3v) is 4.31. The molecule has 120 valence electrons. The molecular weight excluding hydrogens is 284 g/mol. The Hall–Kier alpha value is -2.26. The van der Waals surface area contributed by atoms with Crippen molar-refractivity contribution in [3.63, 3.8) is 0 Å². The second kappa shape index (κ2) is 6.88. The van der Waals surface area contributed by atoms with Crippen molar-refractivity contribution < 1.29 is 4.74 Å². The van der Waals surface area contributed by atoms with Gasteiger partial charge in [0, 0.05) is 23.0 Å². The van der Waals surface area contributed by atoms with Crippen LogP contribution in [0.2, 0.25) is 0 Å². The van der Waals surface area contributed by atoms with Gasteiger partial charge < -0.3 is 15.5 Å². The highest BCUT2D eigenvalue weighted by atomic mass is 16.5. The molecule has 0 saturated heterocycles. The number of benzene rings is 2. The standard InChI is InChI=1S/C20H24N2O/c1-3-23-17-7-5-15(6-8-17)11-16(12-21)19-13-22-20-9-4-14(2)10-18(19)20/h4-10,13,16,22H,3,11-12,21H2,1-2H3. The lowest BCUT2D eigenvalue weighted by atomic mass is 9.91. The zero-order valence-electron chi connectivity index (χ0n) is 13.8. The third kappa shape index (κ3) is 3.40. The molecule has 0 amide bonds. The molecule has 3 heteroatoms. The van der Waals surface area contributed by atoms with Crippen molar-refractivity contribution in [1.82, 2.24) is 4.98 Å². The average molecular weight is 308 g/mol. The van der Waals surface area contributed by atoms with Crippen LogP contribution in [-0.4, -0.2) is 18.1 Å². The first-order chi connectivity index (χ1) is 11.2. The van der Waals surface area contributed by atoms with Gasteiger partial charge in [0.2, 0.25) is 0 Å². The molecule has 0 bridgehead atoms. The normalized spacial score (nSPS) is 12.5. The Balaban J connectivity index is 1.85. The van der Waals surface area contributed by atoms with Crippen molar-refractivity contribution >= 4 is 10.9 Å². The highest BCUT2D eigenvalue weighted by Crippen LogP contribution is 2.29. The molecule has 0 aliphatic heterocycles. The summed E-state index contributed by atoms with van der Waals surface area (Å²) in [5.74, 6) is 1.23. The van der Waals surface area contributed by atoms with E-state index < -0.39 is 0 Å². The molecule has 0 aliphatic rings. The van der Waals surface area contributed by atoms with Gasteiger partial charge >= 0.3 is 0 Å². The van der Waals surface area contributed by atoms with Gasteiger partial charge in [0.05, 0.1) is 6.61 Å². The molecule has 23 heavy (non-hydrogen) atoms. The fraction of sp³-hybridized carbons (Fsp3) is 0.300. The molecule has 0 saturated carbocycles. The summed E-state index contributed by atoms with van der Waals surface area (Å²) in [5, 5.41) is 1.28. The van der Waals surface area contributed by atoms with E-state index in [-0.39, 0.29) is 0 Å². The number of aryl methyl sites for hydroxylation is 1. The molecule has 1 atom stereocenters. The predicted molar refractivity (Wildman–Crippen MR) is 96.1 cm³/mol. The second-order valence-electron chi connectivity index (χ2n) is 6.01. The van der Waals surface area contributed by atoms with Crippen LogP contribution in [0.4, 0.5) is 0 Å². The van der Waals surface area contributed by atoms with Crippen LogP contribution in [0.25, 0.3) is 10.9 Å². The van der Waals surface area contributed by atoms with E-state index in [1.54, 1.807) is 0 Å². The minimum Gasteiger partial charge on any atom is -0.494 e. The van der Waals surface area contributed by atoms with Crippen molar-refractivity contribution in [2.24, 2.45) is 5.73 Å². The number of ether oxygens (including phenoxy) is 1. The van der Waals surface area contributed by atoms with Crippen LogP contribution < -0.4 is 10.5 Å². The Kier molecular flexibility index (Phi) is 4.68. The van der Waals surface area contributed by atoms with Gasteiger partial charge in [-0.15, -0.1) is 0 Å². The molecule has 1 unspecified atom stereocenters. The smallest absolute Gasteiger partial charge is 0.119 e. The van der Waals surface area contributed by atoms with Crippen molar-refractivity contribution in [2.45, 2.75) is 26.2 Å². The Morgan fingerprint density at radius 2 is 1.91 bits per heavy atom. The summed E-state index contributed by atoms with van der Waals surface area (Å²) < 4.78 is 5.51. The first kappa shape index (κ1) is 15.6.